The molecule has 0 aliphatic heterocycles. The van der Waals surface area contributed by atoms with Gasteiger partial charge in [-0.25, -0.2) is 0 Å². The molecule has 0 radical (unpaired) electrons. The molecule has 0 spiro atoms. The van der Waals surface area contributed by atoms with Crippen molar-refractivity contribution >= 4 is 5.84 Å². The van der Waals surface area contributed by atoms with E-state index in [0.29, 0.717) is 12.0 Å². The zero-order valence-corrected chi connectivity index (χ0v) is 11.1. The molecule has 3 nitrogen and oxygen atoms in total. The number of aliphatic imine (C=N–C) groups is 1. The van der Waals surface area contributed by atoms with Gasteiger partial charge in [0.25, 0.3) is 0 Å². The highest BCUT2D eigenvalue weighted by atomic mass is 15.1. The van der Waals surface area contributed by atoms with Gasteiger partial charge in [0.05, 0.1) is 12.4 Å². The van der Waals surface area contributed by atoms with E-state index in [1.54, 1.807) is 0 Å². The Morgan fingerprint density at radius 1 is 1.31 bits per heavy atom. The molecule has 0 atom stereocenters. The fourth-order valence-corrected chi connectivity index (χ4v) is 2.12. The van der Waals surface area contributed by atoms with Crippen LogP contribution in [0.1, 0.15) is 46.0 Å². The van der Waals surface area contributed by atoms with Crippen LogP contribution < -0.4 is 5.73 Å². The van der Waals surface area contributed by atoms with Gasteiger partial charge in [-0.05, 0) is 33.7 Å². The van der Waals surface area contributed by atoms with Crippen LogP contribution in [-0.4, -0.2) is 36.9 Å². The Balaban J connectivity index is 2.27. The van der Waals surface area contributed by atoms with E-state index in [0.717, 1.165) is 18.9 Å². The van der Waals surface area contributed by atoms with Gasteiger partial charge in [0.1, 0.15) is 0 Å². The zero-order valence-electron chi connectivity index (χ0n) is 11.1. The standard InChI is InChI=1S/C13H27N3/c1-11(2)16(3)10-9-15-13(14)12-7-5-4-6-8-12/h11-12H,4-10H2,1-3H3,(H2,14,15). The van der Waals surface area contributed by atoms with Crippen LogP contribution in [0.3, 0.4) is 0 Å². The molecule has 0 aromatic rings. The molecular formula is C13H27N3. The van der Waals surface area contributed by atoms with Crippen molar-refractivity contribution in [2.45, 2.75) is 52.0 Å². The first-order valence-electron chi connectivity index (χ1n) is 6.61. The van der Waals surface area contributed by atoms with E-state index in [1.165, 1.54) is 32.1 Å². The molecule has 0 saturated heterocycles. The largest absolute Gasteiger partial charge is 0.387 e. The lowest BCUT2D eigenvalue weighted by atomic mass is 9.88. The summed E-state index contributed by atoms with van der Waals surface area (Å²) in [6.07, 6.45) is 6.52. The van der Waals surface area contributed by atoms with Crippen LogP contribution in [-0.2, 0) is 0 Å². The molecule has 16 heavy (non-hydrogen) atoms. The smallest absolute Gasteiger partial charge is 0.0968 e. The molecule has 3 heteroatoms. The number of hydrogen-bond donors (Lipinski definition) is 1. The predicted molar refractivity (Wildman–Crippen MR) is 70.8 cm³/mol. The summed E-state index contributed by atoms with van der Waals surface area (Å²) in [5.74, 6) is 1.47. The molecule has 0 aromatic carbocycles. The average molecular weight is 225 g/mol. The number of rotatable bonds is 5. The molecule has 1 aliphatic rings. The third kappa shape index (κ3) is 4.52. The van der Waals surface area contributed by atoms with Crippen molar-refractivity contribution in [2.75, 3.05) is 20.1 Å². The number of nitrogens with zero attached hydrogens (tertiary/aromatic N) is 2. The number of nitrogens with two attached hydrogens (primary N) is 1. The topological polar surface area (TPSA) is 41.6 Å². The lowest BCUT2D eigenvalue weighted by Crippen LogP contribution is -2.31. The minimum atomic E-state index is 0.568. The van der Waals surface area contributed by atoms with E-state index in [2.05, 4.69) is 30.8 Å². The maximum absolute atomic E-state index is 6.04. The summed E-state index contributed by atoms with van der Waals surface area (Å²) in [6.45, 7) is 6.25. The summed E-state index contributed by atoms with van der Waals surface area (Å²) in [4.78, 5) is 6.83. The third-order valence-electron chi connectivity index (χ3n) is 3.65. The molecule has 0 heterocycles. The van der Waals surface area contributed by atoms with Gasteiger partial charge in [-0.15, -0.1) is 0 Å². The lowest BCUT2D eigenvalue weighted by molar-refractivity contribution is 0.282. The summed E-state index contributed by atoms with van der Waals surface area (Å²) in [7, 11) is 2.14. The summed E-state index contributed by atoms with van der Waals surface area (Å²) < 4.78 is 0. The molecule has 0 aromatic heterocycles. The second-order valence-electron chi connectivity index (χ2n) is 5.22. The van der Waals surface area contributed by atoms with Gasteiger partial charge in [-0.1, -0.05) is 19.3 Å². The van der Waals surface area contributed by atoms with E-state index in [9.17, 15) is 0 Å². The van der Waals surface area contributed by atoms with Gasteiger partial charge in [-0.2, -0.15) is 0 Å². The second-order valence-corrected chi connectivity index (χ2v) is 5.22. The van der Waals surface area contributed by atoms with Crippen LogP contribution >= 0.6 is 0 Å². The highest BCUT2D eigenvalue weighted by molar-refractivity contribution is 5.82. The van der Waals surface area contributed by atoms with Gasteiger partial charge in [0, 0.05) is 18.5 Å². The first-order chi connectivity index (χ1) is 7.61. The first-order valence-corrected chi connectivity index (χ1v) is 6.61. The van der Waals surface area contributed by atoms with Crippen molar-refractivity contribution in [3.8, 4) is 0 Å². The normalized spacial score (nSPS) is 19.7. The van der Waals surface area contributed by atoms with E-state index in [4.69, 9.17) is 5.73 Å². The highest BCUT2D eigenvalue weighted by Gasteiger charge is 2.16. The Morgan fingerprint density at radius 3 is 2.50 bits per heavy atom. The fourth-order valence-electron chi connectivity index (χ4n) is 2.12. The molecule has 1 aliphatic carbocycles. The van der Waals surface area contributed by atoms with Crippen LogP contribution in [0, 0.1) is 5.92 Å². The van der Waals surface area contributed by atoms with Gasteiger partial charge in [0.2, 0.25) is 0 Å². The van der Waals surface area contributed by atoms with Crippen molar-refractivity contribution < 1.29 is 0 Å². The minimum Gasteiger partial charge on any atom is -0.387 e. The van der Waals surface area contributed by atoms with Crippen LogP contribution in [0.4, 0.5) is 0 Å². The molecule has 0 unspecified atom stereocenters. The Hall–Kier alpha value is -0.570. The van der Waals surface area contributed by atoms with Gasteiger partial charge in [0.15, 0.2) is 0 Å². The minimum absolute atomic E-state index is 0.568. The quantitative estimate of drug-likeness (QED) is 0.576. The first kappa shape index (κ1) is 13.5. The third-order valence-corrected chi connectivity index (χ3v) is 3.65. The molecule has 2 N–H and O–H groups in total. The van der Waals surface area contributed by atoms with Crippen LogP contribution in [0.2, 0.25) is 0 Å². The summed E-state index contributed by atoms with van der Waals surface area (Å²) in [5, 5.41) is 0. The van der Waals surface area contributed by atoms with Gasteiger partial charge < -0.3 is 10.6 Å². The molecular weight excluding hydrogens is 198 g/mol. The lowest BCUT2D eigenvalue weighted by Gasteiger charge is -2.22. The van der Waals surface area contributed by atoms with E-state index in [-0.39, 0.29) is 0 Å². The Labute approximate surface area is 100 Å². The molecule has 1 rings (SSSR count). The van der Waals surface area contributed by atoms with Gasteiger partial charge in [-0.3, -0.25) is 4.99 Å². The Bertz CT molecular complexity index is 217. The highest BCUT2D eigenvalue weighted by Crippen LogP contribution is 2.23. The van der Waals surface area contributed by atoms with E-state index >= 15 is 0 Å². The molecule has 1 fully saturated rings. The van der Waals surface area contributed by atoms with Crippen LogP contribution in [0.25, 0.3) is 0 Å². The van der Waals surface area contributed by atoms with Crippen molar-refractivity contribution in [1.29, 1.82) is 0 Å². The number of hydrogen-bond acceptors (Lipinski definition) is 2. The molecule has 94 valence electrons. The second kappa shape index (κ2) is 6.89. The van der Waals surface area contributed by atoms with Crippen molar-refractivity contribution in [1.82, 2.24) is 4.90 Å². The predicted octanol–water partition coefficient (Wildman–Crippen LogP) is 2.26. The molecule has 0 amide bonds. The summed E-state index contributed by atoms with van der Waals surface area (Å²) in [6, 6.07) is 0.589. The van der Waals surface area contributed by atoms with Crippen LogP contribution in [0.5, 0.6) is 0 Å². The van der Waals surface area contributed by atoms with Crippen molar-refractivity contribution in [3.05, 3.63) is 0 Å². The van der Waals surface area contributed by atoms with Crippen molar-refractivity contribution in [3.63, 3.8) is 0 Å². The SMILES string of the molecule is CC(C)N(C)CCN=C(N)C1CCCCC1. The number of amidine groups is 1. The Kier molecular flexibility index (Phi) is 5.81. The maximum Gasteiger partial charge on any atom is 0.0968 e. The average Bonchev–Trinajstić information content (AvgIpc) is 2.29. The zero-order chi connectivity index (χ0) is 12.0. The Morgan fingerprint density at radius 2 is 1.94 bits per heavy atom. The van der Waals surface area contributed by atoms with Crippen LogP contribution in [0.15, 0.2) is 4.99 Å². The molecule has 0 bridgehead atoms. The van der Waals surface area contributed by atoms with E-state index < -0.39 is 0 Å². The summed E-state index contributed by atoms with van der Waals surface area (Å²) >= 11 is 0. The summed E-state index contributed by atoms with van der Waals surface area (Å²) in [5.41, 5.74) is 6.04. The maximum atomic E-state index is 6.04. The monoisotopic (exact) mass is 225 g/mol. The number of likely N-dealkylation sites (N-methyl/N-ethyl adjacent to an activating group) is 1. The molecule has 1 saturated carbocycles. The fraction of sp³-hybridized carbons (Fsp3) is 0.923. The van der Waals surface area contributed by atoms with E-state index in [1.807, 2.05) is 0 Å². The van der Waals surface area contributed by atoms with Gasteiger partial charge >= 0.3 is 0 Å². The van der Waals surface area contributed by atoms with Crippen molar-refractivity contribution in [2.24, 2.45) is 16.6 Å².